The maximum atomic E-state index is 12.3. The molecule has 1 amide bonds. The summed E-state index contributed by atoms with van der Waals surface area (Å²) >= 11 is 1.30. The number of nitrogens with one attached hydrogen (secondary N) is 2. The number of aromatic amines is 1. The van der Waals surface area contributed by atoms with Crippen LogP contribution in [0.1, 0.15) is 25.7 Å². The predicted molar refractivity (Wildman–Crippen MR) is 84.6 cm³/mol. The van der Waals surface area contributed by atoms with Crippen molar-refractivity contribution in [3.63, 3.8) is 0 Å². The van der Waals surface area contributed by atoms with E-state index < -0.39 is 11.9 Å². The zero-order valence-electron chi connectivity index (χ0n) is 12.4. The van der Waals surface area contributed by atoms with E-state index in [2.05, 4.69) is 15.5 Å². The second kappa shape index (κ2) is 6.09. The van der Waals surface area contributed by atoms with E-state index in [0.717, 1.165) is 4.88 Å². The van der Waals surface area contributed by atoms with E-state index in [4.69, 9.17) is 9.15 Å². The molecule has 0 fully saturated rings. The van der Waals surface area contributed by atoms with Crippen LogP contribution in [0.2, 0.25) is 0 Å². The number of esters is 1. The molecule has 0 saturated carbocycles. The van der Waals surface area contributed by atoms with Crippen molar-refractivity contribution in [3.05, 3.63) is 46.7 Å². The number of H-pyrrole nitrogens is 1. The molecule has 0 unspecified atom stereocenters. The number of nitrogens with zero attached hydrogens (tertiary/aromatic N) is 1. The van der Waals surface area contributed by atoms with Gasteiger partial charge in [-0.25, -0.2) is 4.79 Å². The van der Waals surface area contributed by atoms with Gasteiger partial charge in [0.2, 0.25) is 0 Å². The molecule has 23 heavy (non-hydrogen) atoms. The third-order valence-corrected chi connectivity index (χ3v) is 4.05. The number of ether oxygens (including phenoxy) is 1. The van der Waals surface area contributed by atoms with Crippen molar-refractivity contribution < 1.29 is 18.7 Å². The Morgan fingerprint density at radius 3 is 2.91 bits per heavy atom. The minimum absolute atomic E-state index is 0.193. The van der Waals surface area contributed by atoms with Crippen molar-refractivity contribution in [1.82, 2.24) is 10.2 Å². The summed E-state index contributed by atoms with van der Waals surface area (Å²) in [6, 6.07) is 6.75. The van der Waals surface area contributed by atoms with Gasteiger partial charge in [-0.1, -0.05) is 0 Å². The highest BCUT2D eigenvalue weighted by atomic mass is 32.1. The van der Waals surface area contributed by atoms with Gasteiger partial charge in [-0.05, 0) is 25.1 Å². The topological polar surface area (TPSA) is 97.2 Å². The third kappa shape index (κ3) is 3.02. The van der Waals surface area contributed by atoms with Crippen molar-refractivity contribution in [3.8, 4) is 11.5 Å². The SMILES string of the molecule is COC(=O)c1cc(C)sc1NC(=O)c1cc(-c2ccco2)[nH]n1. The van der Waals surface area contributed by atoms with E-state index >= 15 is 0 Å². The molecule has 0 aliphatic rings. The number of aromatic nitrogens is 2. The molecule has 3 aromatic heterocycles. The van der Waals surface area contributed by atoms with Crippen LogP contribution in [0.4, 0.5) is 5.00 Å². The van der Waals surface area contributed by atoms with Crippen LogP contribution < -0.4 is 5.32 Å². The van der Waals surface area contributed by atoms with Gasteiger partial charge < -0.3 is 14.5 Å². The van der Waals surface area contributed by atoms with E-state index in [1.807, 2.05) is 6.92 Å². The highest BCUT2D eigenvalue weighted by molar-refractivity contribution is 7.16. The summed E-state index contributed by atoms with van der Waals surface area (Å²) in [5.74, 6) is -0.340. The average molecular weight is 331 g/mol. The van der Waals surface area contributed by atoms with Gasteiger partial charge in [-0.2, -0.15) is 5.10 Å². The summed E-state index contributed by atoms with van der Waals surface area (Å²) in [4.78, 5) is 24.9. The lowest BCUT2D eigenvalue weighted by molar-refractivity contribution is 0.0602. The van der Waals surface area contributed by atoms with Crippen molar-refractivity contribution >= 4 is 28.2 Å². The summed E-state index contributed by atoms with van der Waals surface area (Å²) in [7, 11) is 1.30. The Hall–Kier alpha value is -2.87. The maximum absolute atomic E-state index is 12.3. The molecule has 3 aromatic rings. The number of methoxy groups -OCH3 is 1. The molecule has 2 N–H and O–H groups in total. The van der Waals surface area contributed by atoms with Gasteiger partial charge in [0, 0.05) is 10.9 Å². The van der Waals surface area contributed by atoms with Crippen molar-refractivity contribution in [2.45, 2.75) is 6.92 Å². The summed E-state index contributed by atoms with van der Waals surface area (Å²) < 4.78 is 9.95. The van der Waals surface area contributed by atoms with E-state index in [9.17, 15) is 9.59 Å². The molecule has 0 atom stereocenters. The van der Waals surface area contributed by atoms with Crippen molar-refractivity contribution in [1.29, 1.82) is 0 Å². The molecule has 3 rings (SSSR count). The molecule has 0 aliphatic heterocycles. The first kappa shape index (κ1) is 15.0. The number of furan rings is 1. The molecule has 7 nitrogen and oxygen atoms in total. The van der Waals surface area contributed by atoms with Crippen LogP contribution >= 0.6 is 11.3 Å². The lowest BCUT2D eigenvalue weighted by Crippen LogP contribution is -2.14. The highest BCUT2D eigenvalue weighted by Crippen LogP contribution is 2.28. The van der Waals surface area contributed by atoms with Crippen molar-refractivity contribution in [2.75, 3.05) is 12.4 Å². The number of aryl methyl sites for hydroxylation is 1. The predicted octanol–water partition coefficient (Wildman–Crippen LogP) is 3.08. The second-order valence-corrected chi connectivity index (χ2v) is 5.95. The number of anilines is 1. The van der Waals surface area contributed by atoms with E-state index in [1.165, 1.54) is 24.7 Å². The van der Waals surface area contributed by atoms with E-state index in [-0.39, 0.29) is 5.69 Å². The van der Waals surface area contributed by atoms with Gasteiger partial charge in [0.15, 0.2) is 11.5 Å². The maximum Gasteiger partial charge on any atom is 0.340 e. The number of hydrogen-bond acceptors (Lipinski definition) is 6. The molecule has 0 aliphatic carbocycles. The summed E-state index contributed by atoms with van der Waals surface area (Å²) in [5, 5.41) is 9.82. The summed E-state index contributed by atoms with van der Waals surface area (Å²) in [6.07, 6.45) is 1.53. The molecule has 0 saturated heterocycles. The van der Waals surface area contributed by atoms with E-state index in [1.54, 1.807) is 24.3 Å². The van der Waals surface area contributed by atoms with Gasteiger partial charge in [0.05, 0.1) is 18.9 Å². The van der Waals surface area contributed by atoms with Crippen molar-refractivity contribution in [2.24, 2.45) is 0 Å². The Morgan fingerprint density at radius 2 is 2.22 bits per heavy atom. The average Bonchev–Trinajstić information content (AvgIpc) is 3.26. The summed E-state index contributed by atoms with van der Waals surface area (Å²) in [5.41, 5.74) is 1.11. The molecule has 0 radical (unpaired) electrons. The first-order valence-corrected chi connectivity index (χ1v) is 7.49. The fourth-order valence-corrected chi connectivity index (χ4v) is 2.93. The molecule has 3 heterocycles. The third-order valence-electron chi connectivity index (χ3n) is 3.08. The van der Waals surface area contributed by atoms with Crippen LogP contribution in [0.15, 0.2) is 34.9 Å². The van der Waals surface area contributed by atoms with Gasteiger partial charge in [-0.15, -0.1) is 11.3 Å². The molecule has 0 aromatic carbocycles. The Bertz CT molecular complexity index is 848. The highest BCUT2D eigenvalue weighted by Gasteiger charge is 2.19. The van der Waals surface area contributed by atoms with Crippen LogP contribution in [0, 0.1) is 6.92 Å². The minimum atomic E-state index is -0.497. The first-order chi connectivity index (χ1) is 11.1. The molecular weight excluding hydrogens is 318 g/mol. The Balaban J connectivity index is 1.81. The quantitative estimate of drug-likeness (QED) is 0.716. The van der Waals surface area contributed by atoms with Crippen LogP contribution in [0.3, 0.4) is 0 Å². The molecule has 118 valence electrons. The number of thiophene rings is 1. The van der Waals surface area contributed by atoms with E-state index in [0.29, 0.717) is 22.0 Å². The molecule has 0 spiro atoms. The van der Waals surface area contributed by atoms with Crippen LogP contribution in [0.5, 0.6) is 0 Å². The smallest absolute Gasteiger partial charge is 0.340 e. The summed E-state index contributed by atoms with van der Waals surface area (Å²) in [6.45, 7) is 1.84. The second-order valence-electron chi connectivity index (χ2n) is 4.69. The number of carbonyl (C=O) groups excluding carboxylic acids is 2. The minimum Gasteiger partial charge on any atom is -0.465 e. The van der Waals surface area contributed by atoms with Gasteiger partial charge >= 0.3 is 5.97 Å². The molecule has 8 heteroatoms. The van der Waals surface area contributed by atoms with Crippen LogP contribution in [-0.2, 0) is 4.74 Å². The lowest BCUT2D eigenvalue weighted by atomic mass is 10.2. The molecule has 0 bridgehead atoms. The zero-order valence-corrected chi connectivity index (χ0v) is 13.2. The fourth-order valence-electron chi connectivity index (χ4n) is 2.03. The first-order valence-electron chi connectivity index (χ1n) is 6.68. The Labute approximate surface area is 135 Å². The normalized spacial score (nSPS) is 10.5. The number of amides is 1. The fraction of sp³-hybridized carbons (Fsp3) is 0.133. The zero-order chi connectivity index (χ0) is 16.4. The largest absolute Gasteiger partial charge is 0.465 e. The van der Waals surface area contributed by atoms with Crippen LogP contribution in [-0.4, -0.2) is 29.2 Å². The molecular formula is C15H13N3O4S. The monoisotopic (exact) mass is 331 g/mol. The number of hydrogen-bond donors (Lipinski definition) is 2. The van der Waals surface area contributed by atoms with Gasteiger partial charge in [0.1, 0.15) is 10.7 Å². The van der Waals surface area contributed by atoms with Gasteiger partial charge in [-0.3, -0.25) is 9.89 Å². The standard InChI is InChI=1S/C15H13N3O4S/c1-8-6-9(15(20)21-2)14(23-8)16-13(19)11-7-10(17-18-11)12-4-3-5-22-12/h3-7H,1-2H3,(H,16,19)(H,17,18). The van der Waals surface area contributed by atoms with Crippen LogP contribution in [0.25, 0.3) is 11.5 Å². The number of carbonyl (C=O) groups is 2. The Morgan fingerprint density at radius 1 is 1.39 bits per heavy atom. The number of rotatable bonds is 4. The lowest BCUT2D eigenvalue weighted by Gasteiger charge is -2.03. The van der Waals surface area contributed by atoms with Gasteiger partial charge in [0.25, 0.3) is 5.91 Å². The Kier molecular flexibility index (Phi) is 3.98.